The molecule has 0 radical (unpaired) electrons. The van der Waals surface area contributed by atoms with Crippen LogP contribution in [0.4, 0.5) is 4.39 Å². The minimum Gasteiger partial charge on any atom is -0.210 e. The molecular formula is C17H16FNO2S. The Morgan fingerprint density at radius 1 is 1.05 bits per heavy atom. The number of sulfonamides is 1. The van der Waals surface area contributed by atoms with Gasteiger partial charge in [0.1, 0.15) is 5.82 Å². The molecule has 0 saturated carbocycles. The Hall–Kier alpha value is -2.16. The predicted molar refractivity (Wildman–Crippen MR) is 84.3 cm³/mol. The highest BCUT2D eigenvalue weighted by atomic mass is 32.2. The maximum atomic E-state index is 12.7. The third-order valence-corrected chi connectivity index (χ3v) is 4.43. The van der Waals surface area contributed by atoms with Crippen LogP contribution in [-0.4, -0.2) is 15.0 Å². The van der Waals surface area contributed by atoms with Crippen molar-refractivity contribution in [2.24, 2.45) is 0 Å². The zero-order valence-electron chi connectivity index (χ0n) is 12.1. The van der Waals surface area contributed by atoms with Crippen LogP contribution in [0.25, 0.3) is 0 Å². The topological polar surface area (TPSA) is 46.2 Å². The van der Waals surface area contributed by atoms with E-state index in [0.29, 0.717) is 12.0 Å². The third kappa shape index (κ3) is 4.69. The van der Waals surface area contributed by atoms with Crippen molar-refractivity contribution in [3.63, 3.8) is 0 Å². The summed E-state index contributed by atoms with van der Waals surface area (Å²) in [7, 11) is -3.50. The smallest absolute Gasteiger partial charge is 0.210 e. The van der Waals surface area contributed by atoms with E-state index in [2.05, 4.69) is 16.6 Å². The van der Waals surface area contributed by atoms with E-state index in [1.807, 2.05) is 6.92 Å². The molecule has 0 amide bonds. The average molecular weight is 317 g/mol. The van der Waals surface area contributed by atoms with Crippen LogP contribution in [0, 0.1) is 24.6 Å². The van der Waals surface area contributed by atoms with Gasteiger partial charge in [-0.2, -0.15) is 0 Å². The number of nitrogens with one attached hydrogen (secondary N) is 1. The van der Waals surface area contributed by atoms with Gasteiger partial charge in [-0.25, -0.2) is 17.5 Å². The number of hydrogen-bond donors (Lipinski definition) is 1. The zero-order valence-corrected chi connectivity index (χ0v) is 13.0. The molecule has 114 valence electrons. The Bertz CT molecular complexity index is 785. The fraction of sp³-hybridized carbons (Fsp3) is 0.176. The molecule has 22 heavy (non-hydrogen) atoms. The lowest BCUT2D eigenvalue weighted by atomic mass is 10.2. The SMILES string of the molecule is Cc1ccc(S(=O)(=O)NCCC#Cc2ccc(F)cc2)cc1. The van der Waals surface area contributed by atoms with Gasteiger partial charge >= 0.3 is 0 Å². The fourth-order valence-electron chi connectivity index (χ4n) is 1.75. The maximum Gasteiger partial charge on any atom is 0.240 e. The normalized spacial score (nSPS) is 10.8. The van der Waals surface area contributed by atoms with E-state index in [1.54, 1.807) is 36.4 Å². The summed E-state index contributed by atoms with van der Waals surface area (Å²) in [6, 6.07) is 12.5. The number of halogens is 1. The predicted octanol–water partition coefficient (Wildman–Crippen LogP) is 2.85. The molecule has 0 aliphatic rings. The molecule has 2 rings (SSSR count). The molecule has 1 N–H and O–H groups in total. The minimum atomic E-state index is -3.50. The molecule has 0 bridgehead atoms. The first-order chi connectivity index (χ1) is 10.5. The molecule has 2 aromatic carbocycles. The van der Waals surface area contributed by atoms with Gasteiger partial charge in [0.05, 0.1) is 4.90 Å². The Labute approximate surface area is 130 Å². The molecule has 0 saturated heterocycles. The first kappa shape index (κ1) is 16.2. The van der Waals surface area contributed by atoms with Gasteiger partial charge in [-0.3, -0.25) is 0 Å². The lowest BCUT2D eigenvalue weighted by Gasteiger charge is -2.05. The van der Waals surface area contributed by atoms with Gasteiger partial charge in [0, 0.05) is 18.5 Å². The summed E-state index contributed by atoms with van der Waals surface area (Å²) < 4.78 is 39.2. The molecule has 0 aliphatic carbocycles. The highest BCUT2D eigenvalue weighted by Gasteiger charge is 2.11. The van der Waals surface area contributed by atoms with Crippen LogP contribution in [-0.2, 0) is 10.0 Å². The summed E-state index contributed by atoms with van der Waals surface area (Å²) in [5.74, 6) is 5.40. The van der Waals surface area contributed by atoms with Crippen molar-refractivity contribution >= 4 is 10.0 Å². The molecule has 5 heteroatoms. The van der Waals surface area contributed by atoms with Crippen molar-refractivity contribution in [2.75, 3.05) is 6.54 Å². The van der Waals surface area contributed by atoms with Crippen LogP contribution in [0.5, 0.6) is 0 Å². The molecule has 0 atom stereocenters. The van der Waals surface area contributed by atoms with Crippen LogP contribution in [0.3, 0.4) is 0 Å². The Morgan fingerprint density at radius 3 is 2.32 bits per heavy atom. The van der Waals surface area contributed by atoms with Crippen molar-refractivity contribution in [3.05, 3.63) is 65.5 Å². The fourth-order valence-corrected chi connectivity index (χ4v) is 2.78. The van der Waals surface area contributed by atoms with Gasteiger partial charge in [0.25, 0.3) is 0 Å². The molecule has 2 aromatic rings. The standard InChI is InChI=1S/C17H16FNO2S/c1-14-5-11-17(12-6-14)22(20,21)19-13-3-2-4-15-7-9-16(18)10-8-15/h5-12,19H,3,13H2,1H3. The van der Waals surface area contributed by atoms with Crippen molar-refractivity contribution in [3.8, 4) is 11.8 Å². The average Bonchev–Trinajstić information content (AvgIpc) is 2.49. The molecule has 0 aliphatic heterocycles. The van der Waals surface area contributed by atoms with E-state index < -0.39 is 10.0 Å². The molecular weight excluding hydrogens is 301 g/mol. The molecule has 0 heterocycles. The van der Waals surface area contributed by atoms with Crippen LogP contribution in [0.1, 0.15) is 17.5 Å². The van der Waals surface area contributed by atoms with Crippen LogP contribution in [0.2, 0.25) is 0 Å². The number of hydrogen-bond acceptors (Lipinski definition) is 2. The van der Waals surface area contributed by atoms with E-state index in [0.717, 1.165) is 5.56 Å². The van der Waals surface area contributed by atoms with Crippen LogP contribution < -0.4 is 4.72 Å². The van der Waals surface area contributed by atoms with Gasteiger partial charge in [0.15, 0.2) is 0 Å². The molecule has 0 unspecified atom stereocenters. The monoisotopic (exact) mass is 317 g/mol. The second kappa shape index (κ2) is 7.21. The van der Waals surface area contributed by atoms with Crippen LogP contribution in [0.15, 0.2) is 53.4 Å². The Kier molecular flexibility index (Phi) is 5.31. The molecule has 3 nitrogen and oxygen atoms in total. The summed E-state index contributed by atoms with van der Waals surface area (Å²) in [5, 5.41) is 0. The number of rotatable bonds is 4. The lowest BCUT2D eigenvalue weighted by molar-refractivity contribution is 0.582. The largest absolute Gasteiger partial charge is 0.240 e. The first-order valence-electron chi connectivity index (χ1n) is 6.78. The highest BCUT2D eigenvalue weighted by molar-refractivity contribution is 7.89. The second-order valence-electron chi connectivity index (χ2n) is 4.77. The van der Waals surface area contributed by atoms with Gasteiger partial charge < -0.3 is 0 Å². The highest BCUT2D eigenvalue weighted by Crippen LogP contribution is 2.09. The number of benzene rings is 2. The van der Waals surface area contributed by atoms with E-state index in [9.17, 15) is 12.8 Å². The van der Waals surface area contributed by atoms with Gasteiger partial charge in [-0.1, -0.05) is 29.5 Å². The summed E-state index contributed by atoms with van der Waals surface area (Å²) in [4.78, 5) is 0.240. The summed E-state index contributed by atoms with van der Waals surface area (Å²) in [5.41, 5.74) is 1.70. The summed E-state index contributed by atoms with van der Waals surface area (Å²) in [6.07, 6.45) is 0.377. The van der Waals surface area contributed by atoms with Gasteiger partial charge in [0.2, 0.25) is 10.0 Å². The van der Waals surface area contributed by atoms with Crippen molar-refractivity contribution in [1.29, 1.82) is 0 Å². The van der Waals surface area contributed by atoms with Gasteiger partial charge in [-0.05, 0) is 43.3 Å². The lowest BCUT2D eigenvalue weighted by Crippen LogP contribution is -2.24. The first-order valence-corrected chi connectivity index (χ1v) is 8.26. The molecule has 0 aromatic heterocycles. The summed E-state index contributed by atoms with van der Waals surface area (Å²) in [6.45, 7) is 2.12. The van der Waals surface area contributed by atoms with Crippen molar-refractivity contribution in [2.45, 2.75) is 18.2 Å². The van der Waals surface area contributed by atoms with Crippen molar-refractivity contribution < 1.29 is 12.8 Å². The van der Waals surface area contributed by atoms with Crippen molar-refractivity contribution in [1.82, 2.24) is 4.72 Å². The maximum absolute atomic E-state index is 12.7. The van der Waals surface area contributed by atoms with E-state index in [1.165, 1.54) is 12.1 Å². The van der Waals surface area contributed by atoms with Crippen LogP contribution >= 0.6 is 0 Å². The van der Waals surface area contributed by atoms with E-state index in [4.69, 9.17) is 0 Å². The van der Waals surface area contributed by atoms with E-state index in [-0.39, 0.29) is 17.3 Å². The van der Waals surface area contributed by atoms with E-state index >= 15 is 0 Å². The molecule has 0 spiro atoms. The molecule has 0 fully saturated rings. The Morgan fingerprint density at radius 2 is 1.68 bits per heavy atom. The Balaban J connectivity index is 1.88. The zero-order chi connectivity index (χ0) is 16.0. The van der Waals surface area contributed by atoms with Gasteiger partial charge in [-0.15, -0.1) is 0 Å². The second-order valence-corrected chi connectivity index (χ2v) is 6.54. The third-order valence-electron chi connectivity index (χ3n) is 2.95. The summed E-state index contributed by atoms with van der Waals surface area (Å²) >= 11 is 0. The number of aryl methyl sites for hydroxylation is 1. The minimum absolute atomic E-state index is 0.227. The quantitative estimate of drug-likeness (QED) is 0.696.